The summed E-state index contributed by atoms with van der Waals surface area (Å²) in [4.78, 5) is 6.90. The quantitative estimate of drug-likeness (QED) is 0.848. The van der Waals surface area contributed by atoms with Crippen LogP contribution in [0.15, 0.2) is 12.4 Å². The molecule has 1 saturated carbocycles. The highest BCUT2D eigenvalue weighted by molar-refractivity contribution is 5.35. The number of rotatable bonds is 2. The van der Waals surface area contributed by atoms with E-state index in [1.807, 2.05) is 6.20 Å². The molecule has 2 fully saturated rings. The average Bonchev–Trinajstić information content (AvgIpc) is 3.00. The van der Waals surface area contributed by atoms with Gasteiger partial charge >= 0.3 is 0 Å². The molecule has 0 spiro atoms. The van der Waals surface area contributed by atoms with Gasteiger partial charge in [-0.05, 0) is 18.8 Å². The highest BCUT2D eigenvalue weighted by Gasteiger charge is 2.30. The second kappa shape index (κ2) is 4.33. The van der Waals surface area contributed by atoms with Crippen LogP contribution in [0.1, 0.15) is 38.6 Å². The first-order valence-corrected chi connectivity index (χ1v) is 6.79. The smallest absolute Gasteiger partial charge is 0.205 e. The number of imidazole rings is 1. The van der Waals surface area contributed by atoms with Crippen molar-refractivity contribution in [2.24, 2.45) is 11.7 Å². The van der Waals surface area contributed by atoms with Crippen LogP contribution < -0.4 is 10.6 Å². The lowest BCUT2D eigenvalue weighted by Crippen LogP contribution is -2.29. The molecule has 1 aromatic rings. The maximum atomic E-state index is 6.10. The lowest BCUT2D eigenvalue weighted by atomic mass is 10.1. The van der Waals surface area contributed by atoms with Gasteiger partial charge in [0, 0.05) is 37.6 Å². The SMILES string of the molecule is CC1CN(c2nccn2C2CCCC2)CC1N. The summed E-state index contributed by atoms with van der Waals surface area (Å²) in [5.74, 6) is 1.71. The predicted molar refractivity (Wildman–Crippen MR) is 69.1 cm³/mol. The van der Waals surface area contributed by atoms with Crippen molar-refractivity contribution in [2.75, 3.05) is 18.0 Å². The van der Waals surface area contributed by atoms with Gasteiger partial charge in [-0.25, -0.2) is 4.98 Å². The molecule has 0 aromatic carbocycles. The molecular weight excluding hydrogens is 212 g/mol. The van der Waals surface area contributed by atoms with Gasteiger partial charge in [0.25, 0.3) is 0 Å². The molecule has 1 aliphatic carbocycles. The number of hydrogen-bond acceptors (Lipinski definition) is 3. The standard InChI is InChI=1S/C13H22N4/c1-10-8-16(9-12(10)14)13-15-6-7-17(13)11-4-2-3-5-11/h6-7,10-12H,2-5,8-9,14H2,1H3. The van der Waals surface area contributed by atoms with Crippen LogP contribution in [-0.2, 0) is 0 Å². The van der Waals surface area contributed by atoms with Crippen LogP contribution in [-0.4, -0.2) is 28.7 Å². The number of anilines is 1. The van der Waals surface area contributed by atoms with Crippen molar-refractivity contribution in [3.63, 3.8) is 0 Å². The zero-order valence-electron chi connectivity index (χ0n) is 10.5. The van der Waals surface area contributed by atoms with Crippen molar-refractivity contribution in [1.82, 2.24) is 9.55 Å². The second-order valence-electron chi connectivity index (χ2n) is 5.62. The summed E-state index contributed by atoms with van der Waals surface area (Å²) in [6.07, 6.45) is 9.40. The van der Waals surface area contributed by atoms with E-state index in [0.717, 1.165) is 19.0 Å². The average molecular weight is 234 g/mol. The normalized spacial score (nSPS) is 30.4. The first-order valence-electron chi connectivity index (χ1n) is 6.79. The van der Waals surface area contributed by atoms with Crippen LogP contribution in [0.4, 0.5) is 5.95 Å². The van der Waals surface area contributed by atoms with E-state index in [1.165, 1.54) is 25.7 Å². The number of aromatic nitrogens is 2. The van der Waals surface area contributed by atoms with Gasteiger partial charge in [0.1, 0.15) is 0 Å². The van der Waals surface area contributed by atoms with Gasteiger partial charge in [-0.15, -0.1) is 0 Å². The van der Waals surface area contributed by atoms with Gasteiger partial charge in [0.05, 0.1) is 0 Å². The molecule has 0 bridgehead atoms. The summed E-state index contributed by atoms with van der Waals surface area (Å²) in [6.45, 7) is 4.23. The zero-order valence-corrected chi connectivity index (χ0v) is 10.5. The summed E-state index contributed by atoms with van der Waals surface area (Å²) in [5.41, 5.74) is 6.10. The molecule has 0 amide bonds. The number of hydrogen-bond donors (Lipinski definition) is 1. The summed E-state index contributed by atoms with van der Waals surface area (Å²) < 4.78 is 2.37. The van der Waals surface area contributed by atoms with E-state index in [0.29, 0.717) is 18.0 Å². The molecule has 2 aliphatic rings. The molecule has 0 radical (unpaired) electrons. The summed E-state index contributed by atoms with van der Waals surface area (Å²) >= 11 is 0. The summed E-state index contributed by atoms with van der Waals surface area (Å²) in [6, 6.07) is 0.961. The molecule has 1 aromatic heterocycles. The Morgan fingerprint density at radius 2 is 2.06 bits per heavy atom. The Labute approximate surface area is 103 Å². The maximum absolute atomic E-state index is 6.10. The highest BCUT2D eigenvalue weighted by atomic mass is 15.3. The Bertz CT molecular complexity index is 371. The maximum Gasteiger partial charge on any atom is 0.205 e. The second-order valence-corrected chi connectivity index (χ2v) is 5.62. The summed E-state index contributed by atoms with van der Waals surface area (Å²) in [5, 5.41) is 0. The highest BCUT2D eigenvalue weighted by Crippen LogP contribution is 2.33. The summed E-state index contributed by atoms with van der Waals surface area (Å²) in [7, 11) is 0. The van der Waals surface area contributed by atoms with Gasteiger partial charge in [0.15, 0.2) is 0 Å². The van der Waals surface area contributed by atoms with E-state index < -0.39 is 0 Å². The van der Waals surface area contributed by atoms with E-state index in [4.69, 9.17) is 5.73 Å². The van der Waals surface area contributed by atoms with Gasteiger partial charge in [-0.3, -0.25) is 0 Å². The van der Waals surface area contributed by atoms with E-state index >= 15 is 0 Å². The largest absolute Gasteiger partial charge is 0.340 e. The Morgan fingerprint density at radius 1 is 1.29 bits per heavy atom. The molecule has 1 saturated heterocycles. The van der Waals surface area contributed by atoms with E-state index in [1.54, 1.807) is 0 Å². The molecule has 2 atom stereocenters. The third-order valence-corrected chi connectivity index (χ3v) is 4.32. The molecule has 1 aliphatic heterocycles. The van der Waals surface area contributed by atoms with Crippen LogP contribution in [0.2, 0.25) is 0 Å². The number of nitrogens with two attached hydrogens (primary N) is 1. The van der Waals surface area contributed by atoms with Crippen molar-refractivity contribution in [3.05, 3.63) is 12.4 Å². The van der Waals surface area contributed by atoms with Crippen molar-refractivity contribution < 1.29 is 0 Å². The van der Waals surface area contributed by atoms with Gasteiger partial charge in [-0.2, -0.15) is 0 Å². The molecule has 2 heterocycles. The Kier molecular flexibility index (Phi) is 2.82. The first-order chi connectivity index (χ1) is 8.25. The Hall–Kier alpha value is -1.03. The van der Waals surface area contributed by atoms with Crippen LogP contribution in [0.3, 0.4) is 0 Å². The van der Waals surface area contributed by atoms with Crippen LogP contribution in [0, 0.1) is 5.92 Å². The number of nitrogens with zero attached hydrogens (tertiary/aromatic N) is 3. The molecular formula is C13H22N4. The lowest BCUT2D eigenvalue weighted by molar-refractivity contribution is 0.515. The third-order valence-electron chi connectivity index (χ3n) is 4.32. The minimum absolute atomic E-state index is 0.295. The van der Waals surface area contributed by atoms with Crippen LogP contribution in [0.25, 0.3) is 0 Å². The van der Waals surface area contributed by atoms with Gasteiger partial charge in [0.2, 0.25) is 5.95 Å². The Balaban J connectivity index is 1.81. The molecule has 2 unspecified atom stereocenters. The molecule has 94 valence electrons. The van der Waals surface area contributed by atoms with Crippen molar-refractivity contribution in [3.8, 4) is 0 Å². The van der Waals surface area contributed by atoms with E-state index in [-0.39, 0.29) is 0 Å². The molecule has 17 heavy (non-hydrogen) atoms. The molecule has 4 nitrogen and oxygen atoms in total. The molecule has 4 heteroatoms. The van der Waals surface area contributed by atoms with Crippen LogP contribution in [0.5, 0.6) is 0 Å². The minimum Gasteiger partial charge on any atom is -0.340 e. The van der Waals surface area contributed by atoms with Crippen molar-refractivity contribution in [2.45, 2.75) is 44.7 Å². The monoisotopic (exact) mass is 234 g/mol. The van der Waals surface area contributed by atoms with Crippen molar-refractivity contribution in [1.29, 1.82) is 0 Å². The van der Waals surface area contributed by atoms with Gasteiger partial charge in [-0.1, -0.05) is 19.8 Å². The van der Waals surface area contributed by atoms with Crippen LogP contribution >= 0.6 is 0 Å². The van der Waals surface area contributed by atoms with E-state index in [2.05, 4.69) is 27.6 Å². The topological polar surface area (TPSA) is 47.1 Å². The van der Waals surface area contributed by atoms with E-state index in [9.17, 15) is 0 Å². The molecule has 2 N–H and O–H groups in total. The Morgan fingerprint density at radius 3 is 2.71 bits per heavy atom. The fraction of sp³-hybridized carbons (Fsp3) is 0.769. The fourth-order valence-corrected chi connectivity index (χ4v) is 3.17. The predicted octanol–water partition coefficient (Wildman–Crippen LogP) is 1.78. The van der Waals surface area contributed by atoms with Crippen molar-refractivity contribution >= 4 is 5.95 Å². The van der Waals surface area contributed by atoms with Gasteiger partial charge < -0.3 is 15.2 Å². The minimum atomic E-state index is 0.295. The third kappa shape index (κ3) is 1.95. The fourth-order valence-electron chi connectivity index (χ4n) is 3.17. The lowest BCUT2D eigenvalue weighted by Gasteiger charge is -2.22. The first kappa shape index (κ1) is 11.1. The molecule has 3 rings (SSSR count). The zero-order chi connectivity index (χ0) is 11.8.